The first-order valence-corrected chi connectivity index (χ1v) is 8.88. The molecule has 3 aliphatic rings. The Morgan fingerprint density at radius 3 is 2.62 bits per heavy atom. The lowest BCUT2D eigenvalue weighted by Gasteiger charge is -2.35. The summed E-state index contributed by atoms with van der Waals surface area (Å²) in [6.45, 7) is 4.47. The van der Waals surface area contributed by atoms with Gasteiger partial charge in [-0.2, -0.15) is 0 Å². The fraction of sp³-hybridized carbons (Fsp3) is 0.611. The quantitative estimate of drug-likeness (QED) is 0.772. The number of piperidine rings is 1. The Morgan fingerprint density at radius 2 is 1.96 bits per heavy atom. The van der Waals surface area contributed by atoms with Gasteiger partial charge in [0.2, 0.25) is 11.8 Å². The number of amides is 3. The van der Waals surface area contributed by atoms with Gasteiger partial charge in [0.1, 0.15) is 12.4 Å². The summed E-state index contributed by atoms with van der Waals surface area (Å²) in [5.74, 6) is 0.0982. The minimum absolute atomic E-state index is 0.0244. The molecule has 0 aromatic carbocycles. The van der Waals surface area contributed by atoms with Crippen molar-refractivity contribution in [1.29, 1.82) is 0 Å². The van der Waals surface area contributed by atoms with E-state index in [1.807, 2.05) is 0 Å². The largest absolute Gasteiger partial charge is 0.347 e. The molecule has 1 aromatic heterocycles. The Labute approximate surface area is 153 Å². The van der Waals surface area contributed by atoms with Crippen LogP contribution in [0.1, 0.15) is 34.7 Å². The Kier molecular flexibility index (Phi) is 4.93. The maximum atomic E-state index is 13.0. The number of rotatable bonds is 3. The van der Waals surface area contributed by atoms with Gasteiger partial charge >= 0.3 is 0 Å². The van der Waals surface area contributed by atoms with E-state index < -0.39 is 0 Å². The summed E-state index contributed by atoms with van der Waals surface area (Å²) < 4.78 is 0. The van der Waals surface area contributed by atoms with E-state index in [-0.39, 0.29) is 36.2 Å². The van der Waals surface area contributed by atoms with Gasteiger partial charge < -0.3 is 14.7 Å². The molecule has 2 atom stereocenters. The molecule has 0 saturated carbocycles. The SMILES string of the molecule is Cc1ncc(C(=O)N2C[C@H]3CC[C@@H](C2)N(CC(=O)N(C)C)C3=O)c(C)n1. The van der Waals surface area contributed by atoms with E-state index in [0.717, 1.165) is 12.8 Å². The molecule has 3 aliphatic heterocycles. The van der Waals surface area contributed by atoms with E-state index in [4.69, 9.17) is 0 Å². The number of likely N-dealkylation sites (N-methyl/N-ethyl adjacent to an activating group) is 1. The van der Waals surface area contributed by atoms with Crippen LogP contribution in [0.5, 0.6) is 0 Å². The van der Waals surface area contributed by atoms with Crippen molar-refractivity contribution in [2.24, 2.45) is 5.92 Å². The lowest BCUT2D eigenvalue weighted by atomic mass is 9.94. The third-order valence-electron chi connectivity index (χ3n) is 5.22. The van der Waals surface area contributed by atoms with Crippen LogP contribution in [0.2, 0.25) is 0 Å². The molecule has 140 valence electrons. The van der Waals surface area contributed by atoms with Crippen LogP contribution in [0, 0.1) is 19.8 Å². The number of carbonyl (C=O) groups is 3. The van der Waals surface area contributed by atoms with Gasteiger partial charge in [0, 0.05) is 39.4 Å². The van der Waals surface area contributed by atoms with Gasteiger partial charge in [-0.05, 0) is 26.7 Å². The number of aromatic nitrogens is 2. The summed E-state index contributed by atoms with van der Waals surface area (Å²) in [5.41, 5.74) is 1.12. The van der Waals surface area contributed by atoms with Gasteiger partial charge in [-0.25, -0.2) is 9.97 Å². The summed E-state index contributed by atoms with van der Waals surface area (Å²) in [5, 5.41) is 0. The van der Waals surface area contributed by atoms with Crippen molar-refractivity contribution in [3.63, 3.8) is 0 Å². The number of carbonyl (C=O) groups excluding carboxylic acids is 3. The Morgan fingerprint density at radius 1 is 1.23 bits per heavy atom. The van der Waals surface area contributed by atoms with E-state index in [1.165, 1.54) is 4.90 Å². The molecule has 1 aromatic rings. The third kappa shape index (κ3) is 3.40. The lowest BCUT2D eigenvalue weighted by Crippen LogP contribution is -2.51. The molecule has 3 saturated heterocycles. The van der Waals surface area contributed by atoms with E-state index in [2.05, 4.69) is 9.97 Å². The first kappa shape index (κ1) is 18.3. The molecule has 0 unspecified atom stereocenters. The van der Waals surface area contributed by atoms with Crippen LogP contribution < -0.4 is 0 Å². The van der Waals surface area contributed by atoms with E-state index in [1.54, 1.807) is 43.9 Å². The molecule has 8 heteroatoms. The van der Waals surface area contributed by atoms with E-state index in [9.17, 15) is 14.4 Å². The van der Waals surface area contributed by atoms with Crippen molar-refractivity contribution >= 4 is 17.7 Å². The van der Waals surface area contributed by atoms with Crippen molar-refractivity contribution in [3.05, 3.63) is 23.3 Å². The normalized spacial score (nSPS) is 22.4. The molecule has 26 heavy (non-hydrogen) atoms. The van der Waals surface area contributed by atoms with Crippen molar-refractivity contribution in [2.45, 2.75) is 32.7 Å². The smallest absolute Gasteiger partial charge is 0.257 e. The van der Waals surface area contributed by atoms with Crippen LogP contribution in [-0.2, 0) is 9.59 Å². The van der Waals surface area contributed by atoms with Gasteiger partial charge in [0.25, 0.3) is 5.91 Å². The number of aryl methyl sites for hydroxylation is 2. The van der Waals surface area contributed by atoms with E-state index >= 15 is 0 Å². The monoisotopic (exact) mass is 359 g/mol. The van der Waals surface area contributed by atoms with Crippen LogP contribution in [0.3, 0.4) is 0 Å². The molecule has 4 rings (SSSR count). The molecule has 0 N–H and O–H groups in total. The van der Waals surface area contributed by atoms with E-state index in [0.29, 0.717) is 30.2 Å². The summed E-state index contributed by atoms with van der Waals surface area (Å²) in [6.07, 6.45) is 3.12. The number of fused-ring (bicyclic) bond motifs is 4. The highest BCUT2D eigenvalue weighted by Gasteiger charge is 2.42. The van der Waals surface area contributed by atoms with Crippen molar-refractivity contribution in [3.8, 4) is 0 Å². The van der Waals surface area contributed by atoms with Crippen LogP contribution in [0.25, 0.3) is 0 Å². The molecular weight excluding hydrogens is 334 g/mol. The third-order valence-corrected chi connectivity index (χ3v) is 5.22. The minimum Gasteiger partial charge on any atom is -0.347 e. The molecule has 4 heterocycles. The highest BCUT2D eigenvalue weighted by atomic mass is 16.2. The number of hydrogen-bond acceptors (Lipinski definition) is 5. The van der Waals surface area contributed by atoms with Crippen LogP contribution in [-0.4, -0.2) is 82.2 Å². The lowest BCUT2D eigenvalue weighted by molar-refractivity contribution is -0.145. The summed E-state index contributed by atoms with van der Waals surface area (Å²) in [6, 6.07) is -0.124. The average molecular weight is 359 g/mol. The molecule has 2 bridgehead atoms. The Bertz CT molecular complexity index is 748. The van der Waals surface area contributed by atoms with Crippen molar-refractivity contribution in [1.82, 2.24) is 24.7 Å². The summed E-state index contributed by atoms with van der Waals surface area (Å²) in [4.78, 5) is 51.1. The zero-order chi connectivity index (χ0) is 19.0. The molecule has 0 aliphatic carbocycles. The van der Waals surface area contributed by atoms with Crippen LogP contribution in [0.4, 0.5) is 0 Å². The zero-order valence-electron chi connectivity index (χ0n) is 15.7. The standard InChI is InChI=1S/C18H25N5O3/c1-11-15(7-19-12(2)20-11)18(26)22-8-13-5-6-14(9-22)23(17(13)25)10-16(24)21(3)4/h7,13-14H,5-6,8-10H2,1-4H3/t13-,14+/m1/s1. The maximum Gasteiger partial charge on any atom is 0.257 e. The fourth-order valence-corrected chi connectivity index (χ4v) is 3.67. The first-order chi connectivity index (χ1) is 12.3. The van der Waals surface area contributed by atoms with Crippen LogP contribution >= 0.6 is 0 Å². The van der Waals surface area contributed by atoms with Gasteiger partial charge in [0.05, 0.1) is 17.2 Å². The fourth-order valence-electron chi connectivity index (χ4n) is 3.67. The molecular formula is C18H25N5O3. The maximum absolute atomic E-state index is 13.0. The molecule has 3 amide bonds. The second-order valence-electron chi connectivity index (χ2n) is 7.31. The zero-order valence-corrected chi connectivity index (χ0v) is 15.7. The van der Waals surface area contributed by atoms with Crippen molar-refractivity contribution in [2.75, 3.05) is 33.7 Å². The molecule has 3 fully saturated rings. The molecule has 8 nitrogen and oxygen atoms in total. The minimum atomic E-state index is -0.251. The van der Waals surface area contributed by atoms with Gasteiger partial charge in [-0.3, -0.25) is 14.4 Å². The summed E-state index contributed by atoms with van der Waals surface area (Å²) in [7, 11) is 3.36. The van der Waals surface area contributed by atoms with Gasteiger partial charge in [-0.1, -0.05) is 0 Å². The first-order valence-electron chi connectivity index (χ1n) is 8.88. The highest BCUT2D eigenvalue weighted by molar-refractivity contribution is 5.96. The van der Waals surface area contributed by atoms with Crippen molar-refractivity contribution < 1.29 is 14.4 Å². The second-order valence-corrected chi connectivity index (χ2v) is 7.31. The second kappa shape index (κ2) is 7.01. The number of nitrogens with zero attached hydrogens (tertiary/aromatic N) is 5. The molecule has 0 spiro atoms. The Hall–Kier alpha value is -2.51. The predicted molar refractivity (Wildman–Crippen MR) is 94.3 cm³/mol. The highest BCUT2D eigenvalue weighted by Crippen LogP contribution is 2.30. The van der Waals surface area contributed by atoms with Gasteiger partial charge in [0.15, 0.2) is 0 Å². The average Bonchev–Trinajstić information content (AvgIpc) is 2.87. The van der Waals surface area contributed by atoms with Crippen LogP contribution in [0.15, 0.2) is 6.20 Å². The predicted octanol–water partition coefficient (Wildman–Crippen LogP) is 0.245. The van der Waals surface area contributed by atoms with Gasteiger partial charge in [-0.15, -0.1) is 0 Å². The summed E-state index contributed by atoms with van der Waals surface area (Å²) >= 11 is 0. The Balaban J connectivity index is 1.82. The molecule has 0 radical (unpaired) electrons. The topological polar surface area (TPSA) is 86.7 Å². The number of hydrogen-bond donors (Lipinski definition) is 0.